The molecule has 0 aliphatic rings. The van der Waals surface area contributed by atoms with Gasteiger partial charge in [-0.2, -0.15) is 0 Å². The molecule has 6 heteroatoms. The first-order chi connectivity index (χ1) is 10.8. The first kappa shape index (κ1) is 17.8. The second-order valence-corrected chi connectivity index (χ2v) is 7.15. The molecule has 0 spiro atoms. The maximum atomic E-state index is 12.0. The molecule has 0 fully saturated rings. The van der Waals surface area contributed by atoms with E-state index in [0.717, 1.165) is 22.7 Å². The number of rotatable bonds is 7. The molecule has 0 saturated carbocycles. The first-order valence-corrected chi connectivity index (χ1v) is 8.91. The third-order valence-corrected chi connectivity index (χ3v) is 5.13. The van der Waals surface area contributed by atoms with Gasteiger partial charge in [-0.05, 0) is 31.9 Å². The topological polar surface area (TPSA) is 67.2 Å². The van der Waals surface area contributed by atoms with Gasteiger partial charge >= 0.3 is 0 Å². The number of carbonyl (C=O) groups is 1. The van der Waals surface area contributed by atoms with Crippen molar-refractivity contribution >= 4 is 28.7 Å². The number of thioether (sulfide) groups is 1. The van der Waals surface area contributed by atoms with Crippen LogP contribution in [0.3, 0.4) is 0 Å². The number of nitrogens with one attached hydrogen (secondary N) is 1. The summed E-state index contributed by atoms with van der Waals surface area (Å²) in [6.45, 7) is 8.75. The molecular formula is C17H25N3O2S. The number of amides is 1. The van der Waals surface area contributed by atoms with Gasteiger partial charge in [0.2, 0.25) is 5.91 Å². The monoisotopic (exact) mass is 335 g/mol. The Balaban J connectivity index is 1.97. The van der Waals surface area contributed by atoms with Crippen molar-refractivity contribution in [1.82, 2.24) is 14.9 Å². The van der Waals surface area contributed by atoms with Gasteiger partial charge in [0.05, 0.1) is 22.4 Å². The van der Waals surface area contributed by atoms with Gasteiger partial charge in [-0.15, -0.1) is 0 Å². The van der Waals surface area contributed by atoms with Crippen LogP contribution in [0.1, 0.15) is 27.7 Å². The lowest BCUT2D eigenvalue weighted by Crippen LogP contribution is -2.44. The van der Waals surface area contributed by atoms with Gasteiger partial charge in [-0.1, -0.05) is 37.7 Å². The molecule has 0 radical (unpaired) electrons. The van der Waals surface area contributed by atoms with E-state index < -0.39 is 5.60 Å². The van der Waals surface area contributed by atoms with E-state index in [1.165, 1.54) is 11.8 Å². The molecule has 126 valence electrons. The number of para-hydroxylation sites is 2. The van der Waals surface area contributed by atoms with E-state index in [0.29, 0.717) is 0 Å². The van der Waals surface area contributed by atoms with Crippen molar-refractivity contribution in [3.63, 3.8) is 0 Å². The van der Waals surface area contributed by atoms with Crippen molar-refractivity contribution in [3.8, 4) is 0 Å². The highest BCUT2D eigenvalue weighted by Crippen LogP contribution is 2.23. The second kappa shape index (κ2) is 7.36. The van der Waals surface area contributed by atoms with Crippen LogP contribution in [0, 0.1) is 5.92 Å². The molecule has 0 aliphatic carbocycles. The number of benzene rings is 1. The Bertz CT molecular complexity index is 680. The van der Waals surface area contributed by atoms with Gasteiger partial charge in [0.1, 0.15) is 0 Å². The van der Waals surface area contributed by atoms with Crippen molar-refractivity contribution < 1.29 is 9.90 Å². The Morgan fingerprint density at radius 2 is 2.13 bits per heavy atom. The molecule has 0 aliphatic heterocycles. The minimum Gasteiger partial charge on any atom is -0.388 e. The fraction of sp³-hybridized carbons (Fsp3) is 0.529. The molecule has 0 bridgehead atoms. The molecule has 23 heavy (non-hydrogen) atoms. The van der Waals surface area contributed by atoms with E-state index in [1.54, 1.807) is 6.92 Å². The fourth-order valence-corrected chi connectivity index (χ4v) is 3.04. The molecule has 2 N–H and O–H groups in total. The largest absolute Gasteiger partial charge is 0.388 e. The van der Waals surface area contributed by atoms with Gasteiger partial charge in [0, 0.05) is 13.1 Å². The van der Waals surface area contributed by atoms with Crippen LogP contribution in [0.25, 0.3) is 11.0 Å². The van der Waals surface area contributed by atoms with Crippen LogP contribution in [0.15, 0.2) is 29.4 Å². The normalized spacial score (nSPS) is 14.2. The number of aryl methyl sites for hydroxylation is 1. The molecule has 0 saturated heterocycles. The molecule has 2 aromatic rings. The van der Waals surface area contributed by atoms with Crippen molar-refractivity contribution in [2.45, 2.75) is 45.0 Å². The zero-order valence-electron chi connectivity index (χ0n) is 14.2. The van der Waals surface area contributed by atoms with Crippen LogP contribution >= 0.6 is 11.8 Å². The van der Waals surface area contributed by atoms with Crippen LogP contribution in [-0.2, 0) is 11.3 Å². The lowest BCUT2D eigenvalue weighted by atomic mass is 9.93. The van der Waals surface area contributed by atoms with Gasteiger partial charge in [-0.25, -0.2) is 4.98 Å². The fourth-order valence-electron chi connectivity index (χ4n) is 2.13. The number of imidazole rings is 1. The van der Waals surface area contributed by atoms with Gasteiger partial charge < -0.3 is 15.0 Å². The lowest BCUT2D eigenvalue weighted by molar-refractivity contribution is -0.120. The van der Waals surface area contributed by atoms with E-state index in [-0.39, 0.29) is 24.1 Å². The van der Waals surface area contributed by atoms with Gasteiger partial charge in [0.25, 0.3) is 0 Å². The summed E-state index contributed by atoms with van der Waals surface area (Å²) < 4.78 is 2.11. The van der Waals surface area contributed by atoms with Crippen molar-refractivity contribution in [3.05, 3.63) is 24.3 Å². The third-order valence-electron chi connectivity index (χ3n) is 4.16. The van der Waals surface area contributed by atoms with Crippen LogP contribution in [-0.4, -0.2) is 38.5 Å². The SMILES string of the molecule is CCn1c(SCC(=O)NCC(C)(O)C(C)C)nc2ccccc21. The van der Waals surface area contributed by atoms with Crippen LogP contribution in [0.2, 0.25) is 0 Å². The Morgan fingerprint density at radius 3 is 2.78 bits per heavy atom. The lowest BCUT2D eigenvalue weighted by Gasteiger charge is -2.27. The number of aromatic nitrogens is 2. The molecular weight excluding hydrogens is 310 g/mol. The number of hydrogen-bond donors (Lipinski definition) is 2. The number of aliphatic hydroxyl groups is 1. The minimum atomic E-state index is -0.892. The zero-order valence-corrected chi connectivity index (χ0v) is 15.0. The smallest absolute Gasteiger partial charge is 0.230 e. The standard InChI is InChI=1S/C17H25N3O2S/c1-5-20-14-9-7-6-8-13(14)19-16(20)23-10-15(21)18-11-17(4,22)12(2)3/h6-9,12,22H,5,10-11H2,1-4H3,(H,18,21). The quantitative estimate of drug-likeness (QED) is 0.764. The maximum absolute atomic E-state index is 12.0. The summed E-state index contributed by atoms with van der Waals surface area (Å²) in [6.07, 6.45) is 0. The van der Waals surface area contributed by atoms with E-state index in [4.69, 9.17) is 0 Å². The number of fused-ring (bicyclic) bond motifs is 1. The molecule has 5 nitrogen and oxygen atoms in total. The highest BCUT2D eigenvalue weighted by atomic mass is 32.2. The maximum Gasteiger partial charge on any atom is 0.230 e. The van der Waals surface area contributed by atoms with Crippen molar-refractivity contribution in [2.75, 3.05) is 12.3 Å². The highest BCUT2D eigenvalue weighted by Gasteiger charge is 2.25. The Hall–Kier alpha value is -1.53. The average molecular weight is 335 g/mol. The van der Waals surface area contributed by atoms with Crippen molar-refractivity contribution in [1.29, 1.82) is 0 Å². The zero-order chi connectivity index (χ0) is 17.0. The predicted molar refractivity (Wildman–Crippen MR) is 94.6 cm³/mol. The summed E-state index contributed by atoms with van der Waals surface area (Å²) in [6, 6.07) is 7.97. The van der Waals surface area contributed by atoms with Gasteiger partial charge in [-0.3, -0.25) is 4.79 Å². The number of carbonyl (C=O) groups excluding carboxylic acids is 1. The number of hydrogen-bond acceptors (Lipinski definition) is 4. The molecule has 1 atom stereocenters. The summed E-state index contributed by atoms with van der Waals surface area (Å²) in [5, 5.41) is 13.8. The first-order valence-electron chi connectivity index (χ1n) is 7.92. The Labute approximate surface area is 141 Å². The van der Waals surface area contributed by atoms with Gasteiger partial charge in [0.15, 0.2) is 5.16 Å². The highest BCUT2D eigenvalue weighted by molar-refractivity contribution is 7.99. The average Bonchev–Trinajstić information content (AvgIpc) is 2.88. The molecule has 1 heterocycles. The van der Waals surface area contributed by atoms with Crippen molar-refractivity contribution in [2.24, 2.45) is 5.92 Å². The van der Waals surface area contributed by atoms with E-state index in [1.807, 2.05) is 38.1 Å². The third kappa shape index (κ3) is 4.26. The van der Waals surface area contributed by atoms with Crippen LogP contribution < -0.4 is 5.32 Å². The molecule has 1 aromatic carbocycles. The number of nitrogens with zero attached hydrogens (tertiary/aromatic N) is 2. The summed E-state index contributed by atoms with van der Waals surface area (Å²) in [7, 11) is 0. The summed E-state index contributed by atoms with van der Waals surface area (Å²) in [5.41, 5.74) is 1.14. The summed E-state index contributed by atoms with van der Waals surface area (Å²) in [5.74, 6) is 0.280. The molecule has 1 unspecified atom stereocenters. The Kier molecular flexibility index (Phi) is 5.70. The molecule has 1 aromatic heterocycles. The predicted octanol–water partition coefficient (Wildman–Crippen LogP) is 2.67. The summed E-state index contributed by atoms with van der Waals surface area (Å²) in [4.78, 5) is 16.6. The Morgan fingerprint density at radius 1 is 1.43 bits per heavy atom. The second-order valence-electron chi connectivity index (χ2n) is 6.20. The molecule has 2 rings (SSSR count). The summed E-state index contributed by atoms with van der Waals surface area (Å²) >= 11 is 1.42. The van der Waals surface area contributed by atoms with E-state index in [9.17, 15) is 9.90 Å². The minimum absolute atomic E-state index is 0.0831. The van der Waals surface area contributed by atoms with Crippen LogP contribution in [0.4, 0.5) is 0 Å². The van der Waals surface area contributed by atoms with Crippen LogP contribution in [0.5, 0.6) is 0 Å². The molecule has 1 amide bonds. The van der Waals surface area contributed by atoms with E-state index >= 15 is 0 Å². The van der Waals surface area contributed by atoms with E-state index in [2.05, 4.69) is 21.8 Å².